The van der Waals surface area contributed by atoms with Crippen LogP contribution < -0.4 is 0 Å². The van der Waals surface area contributed by atoms with E-state index in [2.05, 4.69) is 20.8 Å². The third kappa shape index (κ3) is 19.2. The van der Waals surface area contributed by atoms with Gasteiger partial charge in [0.15, 0.2) is 0 Å². The molecule has 0 aromatic heterocycles. The summed E-state index contributed by atoms with van der Waals surface area (Å²) in [5.74, 6) is 0. The van der Waals surface area contributed by atoms with E-state index in [-0.39, 0.29) is 18.8 Å². The van der Waals surface area contributed by atoms with Crippen molar-refractivity contribution in [2.45, 2.75) is 142 Å². The van der Waals surface area contributed by atoms with Gasteiger partial charge in [0.2, 0.25) is 0 Å². The summed E-state index contributed by atoms with van der Waals surface area (Å²) >= 11 is 0. The summed E-state index contributed by atoms with van der Waals surface area (Å²) in [7, 11) is 0. The fourth-order valence-corrected chi connectivity index (χ4v) is 3.66. The van der Waals surface area contributed by atoms with Crippen LogP contribution in [-0.2, 0) is 14.6 Å². The molecule has 0 amide bonds. The summed E-state index contributed by atoms with van der Waals surface area (Å²) in [6.45, 7) is 8.03. The van der Waals surface area contributed by atoms with Crippen LogP contribution in [0.4, 0.5) is 0 Å². The molecule has 0 saturated carbocycles. The lowest BCUT2D eigenvalue weighted by molar-refractivity contribution is -0.0727. The Morgan fingerprint density at radius 2 is 1.04 bits per heavy atom. The fraction of sp³-hybridized carbons (Fsp3) is 1.00. The monoisotopic (exact) mass is 399 g/mol. The predicted molar refractivity (Wildman–Crippen MR) is 121 cm³/mol. The Bertz CT molecular complexity index is 283. The minimum Gasteiger partial charge on any atom is -0.376 e. The van der Waals surface area contributed by atoms with Crippen molar-refractivity contribution < 1.29 is 14.6 Å². The van der Waals surface area contributed by atoms with Crippen LogP contribution in [0.5, 0.6) is 0 Å². The van der Waals surface area contributed by atoms with E-state index in [1.165, 1.54) is 89.9 Å². The zero-order valence-electron chi connectivity index (χ0n) is 19.5. The van der Waals surface area contributed by atoms with E-state index >= 15 is 0 Å². The largest absolute Gasteiger partial charge is 0.376 e. The van der Waals surface area contributed by atoms with Crippen LogP contribution >= 0.6 is 0 Å². The molecule has 1 radical (unpaired) electrons. The van der Waals surface area contributed by atoms with E-state index in [1.807, 2.05) is 0 Å². The van der Waals surface area contributed by atoms with Gasteiger partial charge in [-0.25, -0.2) is 5.11 Å². The van der Waals surface area contributed by atoms with E-state index in [1.54, 1.807) is 0 Å². The molecule has 28 heavy (non-hydrogen) atoms. The average Bonchev–Trinajstić information content (AvgIpc) is 2.70. The molecule has 3 heteroatoms. The highest BCUT2D eigenvalue weighted by molar-refractivity contribution is 4.67. The molecule has 0 N–H and O–H groups in total. The van der Waals surface area contributed by atoms with Gasteiger partial charge in [-0.1, -0.05) is 104 Å². The van der Waals surface area contributed by atoms with Gasteiger partial charge in [0, 0.05) is 13.2 Å². The summed E-state index contributed by atoms with van der Waals surface area (Å²) in [5, 5.41) is 10.6. The molecule has 0 aliphatic rings. The molecule has 0 rings (SSSR count). The predicted octanol–water partition coefficient (Wildman–Crippen LogP) is 7.88. The van der Waals surface area contributed by atoms with E-state index in [4.69, 9.17) is 9.47 Å². The van der Waals surface area contributed by atoms with E-state index in [0.29, 0.717) is 13.0 Å². The summed E-state index contributed by atoms with van der Waals surface area (Å²) in [5.41, 5.74) is 0. The van der Waals surface area contributed by atoms with Gasteiger partial charge in [-0.15, -0.1) is 0 Å². The van der Waals surface area contributed by atoms with E-state index in [9.17, 15) is 5.11 Å². The lowest BCUT2D eigenvalue weighted by atomic mass is 10.0. The van der Waals surface area contributed by atoms with E-state index < -0.39 is 0 Å². The Morgan fingerprint density at radius 1 is 0.571 bits per heavy atom. The van der Waals surface area contributed by atoms with Crippen molar-refractivity contribution in [3.63, 3.8) is 0 Å². The molecule has 0 spiro atoms. The quantitative estimate of drug-likeness (QED) is 0.164. The number of unbranched alkanes of at least 4 members (excludes halogenated alkanes) is 13. The van der Waals surface area contributed by atoms with Crippen LogP contribution in [0.3, 0.4) is 0 Å². The van der Waals surface area contributed by atoms with Crippen LogP contribution in [0.25, 0.3) is 0 Å². The minimum absolute atomic E-state index is 0.0474. The number of hydrogen-bond donors (Lipinski definition) is 0. The van der Waals surface area contributed by atoms with Crippen LogP contribution in [0.15, 0.2) is 0 Å². The van der Waals surface area contributed by atoms with Gasteiger partial charge in [-0.3, -0.25) is 0 Å². The molecule has 0 heterocycles. The molecular formula is C25H51O3. The van der Waals surface area contributed by atoms with Gasteiger partial charge in [-0.2, -0.15) is 0 Å². The molecule has 0 aliphatic heterocycles. The highest BCUT2D eigenvalue weighted by Gasteiger charge is 2.18. The standard InChI is InChI=1S/C25H51O3/c1-4-6-8-10-12-14-16-18-22-28-25(24(3)27-23-19-21-26)20-17-15-13-11-9-7-5-2/h24-25H,4-23H2,1-3H3. The normalized spacial score (nSPS) is 13.7. The van der Waals surface area contributed by atoms with Gasteiger partial charge in [-0.05, 0) is 26.2 Å². The second kappa shape index (κ2) is 23.2. The van der Waals surface area contributed by atoms with Crippen molar-refractivity contribution in [2.24, 2.45) is 0 Å². The third-order valence-corrected chi connectivity index (χ3v) is 5.61. The fourth-order valence-electron chi connectivity index (χ4n) is 3.66. The maximum absolute atomic E-state index is 10.6. The van der Waals surface area contributed by atoms with Gasteiger partial charge in [0.25, 0.3) is 0 Å². The van der Waals surface area contributed by atoms with Crippen LogP contribution in [-0.4, -0.2) is 32.0 Å². The maximum Gasteiger partial charge on any atom is 0.0844 e. The Kier molecular flexibility index (Phi) is 23.1. The zero-order chi connectivity index (χ0) is 20.7. The summed E-state index contributed by atoms with van der Waals surface area (Å²) < 4.78 is 12.1. The number of rotatable bonds is 23. The van der Waals surface area contributed by atoms with Crippen molar-refractivity contribution in [2.75, 3.05) is 19.8 Å². The smallest absolute Gasteiger partial charge is 0.0844 e. The van der Waals surface area contributed by atoms with Crippen LogP contribution in [0.1, 0.15) is 130 Å². The Morgan fingerprint density at radius 3 is 1.57 bits per heavy atom. The molecular weight excluding hydrogens is 348 g/mol. The Labute approximate surface area is 177 Å². The summed E-state index contributed by atoms with van der Waals surface area (Å²) in [4.78, 5) is 0. The first kappa shape index (κ1) is 27.9. The van der Waals surface area contributed by atoms with Gasteiger partial charge < -0.3 is 9.47 Å². The molecule has 3 nitrogen and oxygen atoms in total. The van der Waals surface area contributed by atoms with Crippen LogP contribution in [0.2, 0.25) is 0 Å². The highest BCUT2D eigenvalue weighted by atomic mass is 16.5. The van der Waals surface area contributed by atoms with Crippen molar-refractivity contribution in [1.29, 1.82) is 0 Å². The van der Waals surface area contributed by atoms with Crippen molar-refractivity contribution in [3.05, 3.63) is 0 Å². The minimum atomic E-state index is -0.0474. The van der Waals surface area contributed by atoms with E-state index in [0.717, 1.165) is 19.4 Å². The molecule has 2 atom stereocenters. The maximum atomic E-state index is 10.6. The number of hydrogen-bond acceptors (Lipinski definition) is 2. The average molecular weight is 400 g/mol. The summed E-state index contributed by atoms with van der Waals surface area (Å²) in [6.07, 6.45) is 21.9. The lowest BCUT2D eigenvalue weighted by Crippen LogP contribution is -2.30. The molecule has 0 aromatic carbocycles. The molecule has 0 fully saturated rings. The number of ether oxygens (including phenoxy) is 2. The molecule has 0 bridgehead atoms. The molecule has 169 valence electrons. The summed E-state index contributed by atoms with van der Waals surface area (Å²) in [6, 6.07) is 0. The Hall–Kier alpha value is -0.120. The van der Waals surface area contributed by atoms with Gasteiger partial charge in [0.05, 0.1) is 18.8 Å². The second-order valence-corrected chi connectivity index (χ2v) is 8.43. The van der Waals surface area contributed by atoms with Crippen LogP contribution in [0, 0.1) is 0 Å². The first-order valence-electron chi connectivity index (χ1n) is 12.6. The first-order chi connectivity index (χ1) is 13.8. The molecule has 2 unspecified atom stereocenters. The van der Waals surface area contributed by atoms with Crippen molar-refractivity contribution in [3.8, 4) is 0 Å². The highest BCUT2D eigenvalue weighted by Crippen LogP contribution is 2.16. The van der Waals surface area contributed by atoms with Gasteiger partial charge in [0.1, 0.15) is 0 Å². The van der Waals surface area contributed by atoms with Crippen molar-refractivity contribution in [1.82, 2.24) is 0 Å². The lowest BCUT2D eigenvalue weighted by Gasteiger charge is -2.25. The van der Waals surface area contributed by atoms with Gasteiger partial charge >= 0.3 is 0 Å². The van der Waals surface area contributed by atoms with Crippen molar-refractivity contribution >= 4 is 0 Å². The first-order valence-corrected chi connectivity index (χ1v) is 12.6. The molecule has 0 aliphatic carbocycles. The molecule has 0 saturated heterocycles. The zero-order valence-corrected chi connectivity index (χ0v) is 19.5. The topological polar surface area (TPSA) is 38.4 Å². The second-order valence-electron chi connectivity index (χ2n) is 8.43. The SMILES string of the molecule is CCCCCCCCCCOC(CCCCCCCCC)C(C)OCCC[O]. The molecule has 0 aromatic rings. The Balaban J connectivity index is 3.89. The third-order valence-electron chi connectivity index (χ3n) is 5.61.